The van der Waals surface area contributed by atoms with Gasteiger partial charge in [0.25, 0.3) is 5.91 Å². The van der Waals surface area contributed by atoms with E-state index in [0.29, 0.717) is 17.9 Å². The van der Waals surface area contributed by atoms with Gasteiger partial charge in [-0.3, -0.25) is 14.4 Å². The first kappa shape index (κ1) is 32.2. The summed E-state index contributed by atoms with van der Waals surface area (Å²) in [5.74, 6) is 1.29. The minimum absolute atomic E-state index is 0.0268. The number of aliphatic hydroxyl groups is 1. The van der Waals surface area contributed by atoms with E-state index in [1.165, 1.54) is 10.8 Å². The standard InChI is InChI=1S/C39H44N4O4Si/c1-26-35(20-13-27-11-14-30(15-12-27)43-34-10-6-8-28-7-5-9-33(37(28)34)39(43)45)47-36(21-23-42-25-29(22-24-44)40-41-42)38(26)48(3,4)32-18-16-31(46-2)17-19-32/h5-12,14-19,25-26,35-36,38,44H,13,20-24H2,1-4H3/t26-,35+,36-,38+/m0/s1. The SMILES string of the molecule is COc1ccc([Si](C)(C)[C@@H]2[C@@H](C)[C@@H](CCc3ccc(N4C(=O)c5cccc6cccc4c56)cc3)O[C@H]2CCn2cc(CCO)nn2)cc1. The molecule has 4 aromatic carbocycles. The number of amides is 1. The monoisotopic (exact) mass is 660 g/mol. The van der Waals surface area contributed by atoms with E-state index in [9.17, 15) is 9.90 Å². The molecule has 0 unspecified atom stereocenters. The molecule has 3 heterocycles. The van der Waals surface area contributed by atoms with Gasteiger partial charge in [-0.2, -0.15) is 0 Å². The summed E-state index contributed by atoms with van der Waals surface area (Å²) in [5.41, 5.74) is 5.07. The number of nitrogens with zero attached hydrogens (tertiary/aromatic N) is 4. The summed E-state index contributed by atoms with van der Waals surface area (Å²) in [6.45, 7) is 8.11. The fraction of sp³-hybridized carbons (Fsp3) is 0.359. The molecule has 0 spiro atoms. The predicted octanol–water partition coefficient (Wildman–Crippen LogP) is 6.68. The van der Waals surface area contributed by atoms with Crippen molar-refractivity contribution in [2.45, 2.75) is 70.0 Å². The second-order valence-electron chi connectivity index (χ2n) is 13.8. The van der Waals surface area contributed by atoms with Crippen LogP contribution in [0.1, 0.15) is 41.4 Å². The first-order valence-corrected chi connectivity index (χ1v) is 20.1. The van der Waals surface area contributed by atoms with Crippen molar-refractivity contribution in [2.75, 3.05) is 18.6 Å². The molecule has 0 aliphatic carbocycles. The van der Waals surface area contributed by atoms with Gasteiger partial charge in [0.05, 0.1) is 44.3 Å². The molecule has 1 amide bonds. The van der Waals surface area contributed by atoms with Crippen LogP contribution in [0.3, 0.4) is 0 Å². The zero-order valence-electron chi connectivity index (χ0n) is 28.2. The Morgan fingerprint density at radius 3 is 2.40 bits per heavy atom. The van der Waals surface area contributed by atoms with Gasteiger partial charge in [0.1, 0.15) is 5.75 Å². The summed E-state index contributed by atoms with van der Waals surface area (Å²) in [6, 6.07) is 29.2. The van der Waals surface area contributed by atoms with Crippen LogP contribution in [0, 0.1) is 5.92 Å². The highest BCUT2D eigenvalue weighted by Crippen LogP contribution is 2.47. The van der Waals surface area contributed by atoms with Crippen LogP contribution in [0.5, 0.6) is 5.75 Å². The normalized spacial score (nSPS) is 20.6. The van der Waals surface area contributed by atoms with Crippen LogP contribution in [-0.2, 0) is 24.1 Å². The Balaban J connectivity index is 1.07. The highest BCUT2D eigenvalue weighted by Gasteiger charge is 2.50. The maximum Gasteiger partial charge on any atom is 0.263 e. The lowest BCUT2D eigenvalue weighted by Crippen LogP contribution is -2.50. The van der Waals surface area contributed by atoms with Crippen LogP contribution in [0.2, 0.25) is 18.6 Å². The topological polar surface area (TPSA) is 89.7 Å². The van der Waals surface area contributed by atoms with Crippen LogP contribution >= 0.6 is 0 Å². The maximum atomic E-state index is 13.4. The summed E-state index contributed by atoms with van der Waals surface area (Å²) in [5, 5.41) is 21.4. The highest BCUT2D eigenvalue weighted by molar-refractivity contribution is 6.91. The van der Waals surface area contributed by atoms with E-state index in [1.807, 2.05) is 40.0 Å². The number of rotatable bonds is 12. The van der Waals surface area contributed by atoms with E-state index in [2.05, 4.69) is 91.0 Å². The van der Waals surface area contributed by atoms with Crippen molar-refractivity contribution < 1.29 is 19.4 Å². The predicted molar refractivity (Wildman–Crippen MR) is 192 cm³/mol. The zero-order chi connectivity index (χ0) is 33.4. The van der Waals surface area contributed by atoms with Gasteiger partial charge in [-0.25, -0.2) is 0 Å². The summed E-state index contributed by atoms with van der Waals surface area (Å²) in [6.07, 6.45) is 5.37. The van der Waals surface area contributed by atoms with Gasteiger partial charge in [0, 0.05) is 36.8 Å². The number of ether oxygens (including phenoxy) is 2. The molecule has 0 bridgehead atoms. The molecular weight excluding hydrogens is 617 g/mol. The minimum Gasteiger partial charge on any atom is -0.497 e. The highest BCUT2D eigenvalue weighted by atomic mass is 28.3. The molecule has 1 saturated heterocycles. The van der Waals surface area contributed by atoms with E-state index < -0.39 is 8.07 Å². The molecule has 0 radical (unpaired) electrons. The van der Waals surface area contributed by atoms with Crippen molar-refractivity contribution in [1.29, 1.82) is 0 Å². The van der Waals surface area contributed by atoms with Gasteiger partial charge >= 0.3 is 0 Å². The first-order valence-electron chi connectivity index (χ1n) is 17.0. The first-order chi connectivity index (χ1) is 23.3. The van der Waals surface area contributed by atoms with Crippen LogP contribution in [0.15, 0.2) is 91.1 Å². The van der Waals surface area contributed by atoms with Crippen molar-refractivity contribution in [3.63, 3.8) is 0 Å². The number of carbonyl (C=O) groups excluding carboxylic acids is 1. The Bertz CT molecular complexity index is 1900. The second kappa shape index (κ2) is 13.3. The molecule has 1 fully saturated rings. The smallest absolute Gasteiger partial charge is 0.263 e. The average molecular weight is 661 g/mol. The molecule has 0 saturated carbocycles. The number of benzene rings is 4. The quantitative estimate of drug-likeness (QED) is 0.150. The molecule has 7 rings (SSSR count). The number of aryl methyl sites for hydroxylation is 2. The second-order valence-corrected chi connectivity index (χ2v) is 18.5. The van der Waals surface area contributed by atoms with Gasteiger partial charge < -0.3 is 14.6 Å². The number of carbonyl (C=O) groups is 1. The summed E-state index contributed by atoms with van der Waals surface area (Å²) in [4.78, 5) is 15.3. The van der Waals surface area contributed by atoms with Crippen LogP contribution in [0.25, 0.3) is 10.8 Å². The Kier molecular flexibility index (Phi) is 8.93. The van der Waals surface area contributed by atoms with Crippen LogP contribution in [0.4, 0.5) is 11.4 Å². The van der Waals surface area contributed by atoms with Crippen LogP contribution in [-0.4, -0.2) is 60.0 Å². The van der Waals surface area contributed by atoms with E-state index in [1.54, 1.807) is 7.11 Å². The van der Waals surface area contributed by atoms with Crippen LogP contribution < -0.4 is 14.8 Å². The van der Waals surface area contributed by atoms with Gasteiger partial charge in [-0.15, -0.1) is 5.10 Å². The van der Waals surface area contributed by atoms with Gasteiger partial charge in [0.2, 0.25) is 0 Å². The van der Waals surface area contributed by atoms with Crippen molar-refractivity contribution in [3.05, 3.63) is 108 Å². The van der Waals surface area contributed by atoms with E-state index >= 15 is 0 Å². The van der Waals surface area contributed by atoms with E-state index in [0.717, 1.165) is 65.0 Å². The fourth-order valence-corrected chi connectivity index (χ4v) is 12.3. The Hall–Kier alpha value is -4.31. The van der Waals surface area contributed by atoms with E-state index in [4.69, 9.17) is 9.47 Å². The number of hydrogen-bond acceptors (Lipinski definition) is 6. The number of methoxy groups -OCH3 is 1. The van der Waals surface area contributed by atoms with E-state index in [-0.39, 0.29) is 24.7 Å². The number of hydrogen-bond donors (Lipinski definition) is 1. The fourth-order valence-electron chi connectivity index (χ4n) is 8.15. The molecule has 9 heteroatoms. The number of aliphatic hydroxyl groups excluding tert-OH is 1. The minimum atomic E-state index is -1.98. The third kappa shape index (κ3) is 5.95. The maximum absolute atomic E-state index is 13.4. The lowest BCUT2D eigenvalue weighted by Gasteiger charge is -2.36. The molecule has 5 aromatic rings. The molecule has 2 aliphatic rings. The average Bonchev–Trinajstić information content (AvgIpc) is 3.78. The molecule has 248 valence electrons. The number of aromatic nitrogens is 3. The molecule has 4 atom stereocenters. The molecule has 1 N–H and O–H groups in total. The third-order valence-corrected chi connectivity index (χ3v) is 15.0. The number of anilines is 2. The molecular formula is C39H44N4O4Si. The molecule has 2 aliphatic heterocycles. The summed E-state index contributed by atoms with van der Waals surface area (Å²) >= 11 is 0. The van der Waals surface area contributed by atoms with Gasteiger partial charge in [-0.05, 0) is 78.1 Å². The Morgan fingerprint density at radius 1 is 0.917 bits per heavy atom. The van der Waals surface area contributed by atoms with Crippen molar-refractivity contribution in [3.8, 4) is 5.75 Å². The molecule has 1 aromatic heterocycles. The molecule has 48 heavy (non-hydrogen) atoms. The molecule has 8 nitrogen and oxygen atoms in total. The third-order valence-electron chi connectivity index (χ3n) is 10.6. The Labute approximate surface area is 283 Å². The largest absolute Gasteiger partial charge is 0.497 e. The lowest BCUT2D eigenvalue weighted by molar-refractivity contribution is 0.0250. The van der Waals surface area contributed by atoms with Crippen molar-refractivity contribution >= 4 is 41.3 Å². The Morgan fingerprint density at radius 2 is 1.67 bits per heavy atom. The van der Waals surface area contributed by atoms with Gasteiger partial charge in [0.15, 0.2) is 0 Å². The van der Waals surface area contributed by atoms with Crippen molar-refractivity contribution in [1.82, 2.24) is 15.0 Å². The summed E-state index contributed by atoms with van der Waals surface area (Å²) in [7, 11) is -0.268. The van der Waals surface area contributed by atoms with Gasteiger partial charge in [-0.1, -0.05) is 78.9 Å². The zero-order valence-corrected chi connectivity index (χ0v) is 29.2. The lowest BCUT2D eigenvalue weighted by atomic mass is 9.95. The summed E-state index contributed by atoms with van der Waals surface area (Å²) < 4.78 is 14.3. The van der Waals surface area contributed by atoms with Crippen molar-refractivity contribution in [2.24, 2.45) is 5.92 Å².